The second kappa shape index (κ2) is 12.8. The number of rotatable bonds is 7. The summed E-state index contributed by atoms with van der Waals surface area (Å²) in [4.78, 5) is 17.8. The van der Waals surface area contributed by atoms with Crippen LogP contribution in [-0.2, 0) is 13.6 Å². The standard InChI is InChI=1S/C30H29F3N6O/c1-6-8-25(30(31,32)33)36-21(4)17-18-39-29(40)27(24-15-11-22(19-34)12-16-24)26(23-13-9-20(3)10-14-23)28(38(39)5)37-35-7-2/h6-17H,18H2,1-5H3/b8-6-,21-17+,35-7+,36-25+,37-28-. The Labute approximate surface area is 230 Å². The molecular weight excluding hydrogens is 517 g/mol. The molecule has 7 nitrogen and oxygen atoms in total. The molecule has 0 radical (unpaired) electrons. The van der Waals surface area contributed by atoms with Crippen LogP contribution in [0.4, 0.5) is 13.2 Å². The van der Waals surface area contributed by atoms with Crippen LogP contribution in [0.2, 0.25) is 0 Å². The summed E-state index contributed by atoms with van der Waals surface area (Å²) in [5.74, 6) is 0. The molecule has 3 aromatic rings. The van der Waals surface area contributed by atoms with Crippen molar-refractivity contribution in [3.05, 3.63) is 99.4 Å². The fraction of sp³-hybridized carbons (Fsp3) is 0.233. The van der Waals surface area contributed by atoms with E-state index >= 15 is 0 Å². The molecule has 0 amide bonds. The van der Waals surface area contributed by atoms with E-state index in [1.807, 2.05) is 31.2 Å². The van der Waals surface area contributed by atoms with E-state index in [1.165, 1.54) is 41.6 Å². The average molecular weight is 547 g/mol. The molecule has 1 aromatic heterocycles. The molecule has 2 aromatic carbocycles. The van der Waals surface area contributed by atoms with Crippen LogP contribution in [0.3, 0.4) is 0 Å². The molecule has 0 saturated heterocycles. The van der Waals surface area contributed by atoms with Crippen LogP contribution in [0.25, 0.3) is 22.3 Å². The van der Waals surface area contributed by atoms with E-state index < -0.39 is 17.4 Å². The zero-order valence-electron chi connectivity index (χ0n) is 22.9. The lowest BCUT2D eigenvalue weighted by Crippen LogP contribution is -2.39. The molecule has 0 saturated carbocycles. The minimum atomic E-state index is -4.62. The number of hydrogen-bond acceptors (Lipinski definition) is 5. The first-order chi connectivity index (χ1) is 19.0. The molecular formula is C30H29F3N6O. The maximum absolute atomic E-state index is 14.1. The minimum Gasteiger partial charge on any atom is -0.267 e. The van der Waals surface area contributed by atoms with Gasteiger partial charge >= 0.3 is 6.18 Å². The van der Waals surface area contributed by atoms with Gasteiger partial charge in [0.05, 0.1) is 23.7 Å². The highest BCUT2D eigenvalue weighted by molar-refractivity contribution is 6.00. The first-order valence-corrected chi connectivity index (χ1v) is 12.4. The third-order valence-corrected chi connectivity index (χ3v) is 5.97. The number of halogens is 3. The van der Waals surface area contributed by atoms with Crippen molar-refractivity contribution in [1.29, 1.82) is 5.26 Å². The predicted octanol–water partition coefficient (Wildman–Crippen LogP) is 6.09. The average Bonchev–Trinajstić information content (AvgIpc) is 2.92. The molecule has 206 valence electrons. The number of nitrogens with zero attached hydrogens (tertiary/aromatic N) is 6. The van der Waals surface area contributed by atoms with Crippen molar-refractivity contribution < 1.29 is 13.2 Å². The Balaban J connectivity index is 2.37. The van der Waals surface area contributed by atoms with Gasteiger partial charge in [0.15, 0.2) is 5.49 Å². The maximum atomic E-state index is 14.1. The number of benzene rings is 2. The van der Waals surface area contributed by atoms with Crippen molar-refractivity contribution in [3.8, 4) is 28.3 Å². The zero-order chi connectivity index (χ0) is 29.4. The third-order valence-electron chi connectivity index (χ3n) is 5.97. The monoisotopic (exact) mass is 546 g/mol. The predicted molar refractivity (Wildman–Crippen MR) is 152 cm³/mol. The highest BCUT2D eigenvalue weighted by Gasteiger charge is 2.33. The molecule has 1 heterocycles. The maximum Gasteiger partial charge on any atom is 0.433 e. The molecule has 3 rings (SSSR count). The summed E-state index contributed by atoms with van der Waals surface area (Å²) in [5, 5.41) is 17.7. The van der Waals surface area contributed by atoms with Crippen molar-refractivity contribution in [2.75, 3.05) is 0 Å². The van der Waals surface area contributed by atoms with Gasteiger partial charge in [-0.1, -0.05) is 48.0 Å². The summed E-state index contributed by atoms with van der Waals surface area (Å²) in [7, 11) is 1.64. The van der Waals surface area contributed by atoms with Crippen LogP contribution in [0.1, 0.15) is 31.9 Å². The Morgan fingerprint density at radius 2 is 1.62 bits per heavy atom. The Hall–Kier alpha value is -4.78. The van der Waals surface area contributed by atoms with Crippen LogP contribution in [0, 0.1) is 18.3 Å². The van der Waals surface area contributed by atoms with Gasteiger partial charge < -0.3 is 0 Å². The zero-order valence-corrected chi connectivity index (χ0v) is 22.9. The Bertz CT molecular complexity index is 1660. The van der Waals surface area contributed by atoms with Crippen LogP contribution in [0.15, 0.2) is 92.4 Å². The van der Waals surface area contributed by atoms with E-state index in [0.717, 1.165) is 17.2 Å². The first-order valence-electron chi connectivity index (χ1n) is 12.4. The molecule has 0 unspecified atom stereocenters. The lowest BCUT2D eigenvalue weighted by molar-refractivity contribution is -0.0577. The molecule has 0 spiro atoms. The van der Waals surface area contributed by atoms with Crippen molar-refractivity contribution >= 4 is 11.9 Å². The van der Waals surface area contributed by atoms with E-state index in [9.17, 15) is 23.2 Å². The smallest absolute Gasteiger partial charge is 0.267 e. The Morgan fingerprint density at radius 3 is 2.17 bits per heavy atom. The topological polar surface area (TPSA) is 87.8 Å². The molecule has 0 bridgehead atoms. The SMILES string of the molecule is C\C=C/C(=N\C(C)=C\Cn1c(=O)c(-c2ccc(C#N)cc2)c(-c2ccc(C)cc2)/c(=N/N=C/C)n1C)C(F)(F)F. The van der Waals surface area contributed by atoms with Crippen LogP contribution in [0.5, 0.6) is 0 Å². The van der Waals surface area contributed by atoms with Crippen molar-refractivity contribution in [2.24, 2.45) is 22.2 Å². The van der Waals surface area contributed by atoms with E-state index in [4.69, 9.17) is 0 Å². The number of aryl methyl sites for hydroxylation is 1. The summed E-state index contributed by atoms with van der Waals surface area (Å²) in [6.45, 7) is 6.49. The fourth-order valence-corrected chi connectivity index (χ4v) is 3.97. The van der Waals surface area contributed by atoms with Crippen LogP contribution >= 0.6 is 0 Å². The van der Waals surface area contributed by atoms with Gasteiger partial charge in [-0.2, -0.15) is 23.5 Å². The second-order valence-corrected chi connectivity index (χ2v) is 8.85. The van der Waals surface area contributed by atoms with Crippen molar-refractivity contribution in [3.63, 3.8) is 0 Å². The molecule has 0 fully saturated rings. The number of aliphatic imine (C=N–C) groups is 1. The number of hydrogen-bond donors (Lipinski definition) is 0. The first kappa shape index (κ1) is 29.8. The number of nitriles is 1. The number of aromatic nitrogens is 2. The molecule has 10 heteroatoms. The number of alkyl halides is 3. The molecule has 0 aliphatic rings. The van der Waals surface area contributed by atoms with E-state index in [0.29, 0.717) is 27.7 Å². The van der Waals surface area contributed by atoms with Gasteiger partial charge in [0.2, 0.25) is 0 Å². The highest BCUT2D eigenvalue weighted by atomic mass is 19.4. The largest absolute Gasteiger partial charge is 0.433 e. The van der Waals surface area contributed by atoms with Crippen LogP contribution in [-0.4, -0.2) is 27.5 Å². The van der Waals surface area contributed by atoms with E-state index in [1.54, 1.807) is 38.2 Å². The summed E-state index contributed by atoms with van der Waals surface area (Å²) in [6, 6.07) is 16.3. The van der Waals surface area contributed by atoms with E-state index in [-0.39, 0.29) is 12.2 Å². The molecule has 0 N–H and O–H groups in total. The van der Waals surface area contributed by atoms with Gasteiger partial charge in [0.1, 0.15) is 5.71 Å². The van der Waals surface area contributed by atoms with Crippen LogP contribution < -0.4 is 11.0 Å². The fourth-order valence-electron chi connectivity index (χ4n) is 3.97. The summed E-state index contributed by atoms with van der Waals surface area (Å²) < 4.78 is 42.9. The summed E-state index contributed by atoms with van der Waals surface area (Å²) in [5.41, 5.74) is 2.60. The Kier molecular flexibility index (Phi) is 9.56. The summed E-state index contributed by atoms with van der Waals surface area (Å²) >= 11 is 0. The molecule has 40 heavy (non-hydrogen) atoms. The minimum absolute atomic E-state index is 0.0819. The van der Waals surface area contributed by atoms with Crippen molar-refractivity contribution in [2.45, 2.75) is 40.4 Å². The van der Waals surface area contributed by atoms with Gasteiger partial charge in [-0.25, -0.2) is 9.67 Å². The number of allylic oxidation sites excluding steroid dienone is 4. The normalized spacial score (nSPS) is 13.4. The van der Waals surface area contributed by atoms with Gasteiger partial charge in [-0.05, 0) is 63.1 Å². The van der Waals surface area contributed by atoms with Gasteiger partial charge in [0.25, 0.3) is 5.56 Å². The molecule has 0 atom stereocenters. The lowest BCUT2D eigenvalue weighted by Gasteiger charge is -2.19. The van der Waals surface area contributed by atoms with Gasteiger partial charge in [-0.15, -0.1) is 5.10 Å². The molecule has 0 aliphatic carbocycles. The van der Waals surface area contributed by atoms with Gasteiger partial charge in [-0.3, -0.25) is 9.48 Å². The molecule has 0 aliphatic heterocycles. The highest BCUT2D eigenvalue weighted by Crippen LogP contribution is 2.27. The second-order valence-electron chi connectivity index (χ2n) is 8.85. The van der Waals surface area contributed by atoms with Gasteiger partial charge in [0, 0.05) is 24.5 Å². The lowest BCUT2D eigenvalue weighted by atomic mass is 9.95. The summed E-state index contributed by atoms with van der Waals surface area (Å²) in [6.07, 6.45) is 0.486. The van der Waals surface area contributed by atoms with Crippen molar-refractivity contribution in [1.82, 2.24) is 9.36 Å². The third kappa shape index (κ3) is 6.80. The quantitative estimate of drug-likeness (QED) is 0.265. The Morgan fingerprint density at radius 1 is 1.02 bits per heavy atom. The van der Waals surface area contributed by atoms with E-state index in [2.05, 4.69) is 21.3 Å².